The Labute approximate surface area is 123 Å². The van der Waals surface area contributed by atoms with Crippen LogP contribution in [-0.4, -0.2) is 43.7 Å². The first-order chi connectivity index (χ1) is 9.31. The number of hydrogen-bond acceptors (Lipinski definition) is 3. The molecule has 0 aliphatic carbocycles. The van der Waals surface area contributed by atoms with Gasteiger partial charge in [0.15, 0.2) is 0 Å². The molecule has 1 aromatic rings. The Morgan fingerprint density at radius 2 is 1.95 bits per heavy atom. The summed E-state index contributed by atoms with van der Waals surface area (Å²) < 4.78 is 6.82. The van der Waals surface area contributed by atoms with Gasteiger partial charge < -0.3 is 15.0 Å². The van der Waals surface area contributed by atoms with Crippen LogP contribution in [0.4, 0.5) is 0 Å². The molecule has 19 heavy (non-hydrogen) atoms. The van der Waals surface area contributed by atoms with Gasteiger partial charge in [0.05, 0.1) is 0 Å². The minimum Gasteiger partial charge on any atom is -0.492 e. The topological polar surface area (TPSA) is 24.5 Å². The van der Waals surface area contributed by atoms with E-state index < -0.39 is 0 Å². The van der Waals surface area contributed by atoms with E-state index in [0.717, 1.165) is 29.3 Å². The first-order valence-corrected chi connectivity index (χ1v) is 7.95. The lowest BCUT2D eigenvalue weighted by Crippen LogP contribution is -2.56. The number of piperidine rings is 3. The van der Waals surface area contributed by atoms with E-state index in [4.69, 9.17) is 4.74 Å². The van der Waals surface area contributed by atoms with Crippen LogP contribution >= 0.6 is 15.9 Å². The van der Waals surface area contributed by atoms with Crippen LogP contribution in [0.15, 0.2) is 28.7 Å². The molecular weight excluding hydrogens is 304 g/mol. The molecule has 0 amide bonds. The summed E-state index contributed by atoms with van der Waals surface area (Å²) in [6.45, 7) is 5.51. The molecule has 3 saturated heterocycles. The monoisotopic (exact) mass is 324 g/mol. The number of halogens is 1. The van der Waals surface area contributed by atoms with Crippen LogP contribution in [-0.2, 0) is 0 Å². The molecule has 3 heterocycles. The normalized spacial score (nSPS) is 29.4. The molecule has 1 N–H and O–H groups in total. The van der Waals surface area contributed by atoms with Gasteiger partial charge in [-0.2, -0.15) is 0 Å². The fraction of sp³-hybridized carbons (Fsp3) is 0.600. The van der Waals surface area contributed by atoms with Gasteiger partial charge in [-0.15, -0.1) is 0 Å². The van der Waals surface area contributed by atoms with E-state index in [0.29, 0.717) is 6.04 Å². The standard InChI is InChI=1S/C15H21BrN2O/c16-13-1-3-14(4-2-13)19-10-7-17-15-11-18-8-5-12(15)6-9-18/h1-4,12,15,17H,5-11H2. The maximum atomic E-state index is 5.74. The second-order valence-electron chi connectivity index (χ2n) is 5.50. The number of fused-ring (bicyclic) bond motifs is 3. The molecule has 4 rings (SSSR count). The highest BCUT2D eigenvalue weighted by Gasteiger charge is 2.33. The Kier molecular flexibility index (Phi) is 4.41. The highest BCUT2D eigenvalue weighted by atomic mass is 79.9. The molecule has 0 radical (unpaired) electrons. The van der Waals surface area contributed by atoms with Crippen molar-refractivity contribution in [2.45, 2.75) is 18.9 Å². The lowest BCUT2D eigenvalue weighted by atomic mass is 9.84. The number of nitrogens with one attached hydrogen (secondary N) is 1. The average Bonchev–Trinajstić information content (AvgIpc) is 2.47. The van der Waals surface area contributed by atoms with E-state index in [-0.39, 0.29) is 0 Å². The van der Waals surface area contributed by atoms with Crippen molar-refractivity contribution in [3.63, 3.8) is 0 Å². The van der Waals surface area contributed by atoms with Crippen LogP contribution in [0.2, 0.25) is 0 Å². The van der Waals surface area contributed by atoms with Crippen LogP contribution < -0.4 is 10.1 Å². The van der Waals surface area contributed by atoms with Crippen LogP contribution in [0.3, 0.4) is 0 Å². The van der Waals surface area contributed by atoms with Crippen molar-refractivity contribution < 1.29 is 4.74 Å². The van der Waals surface area contributed by atoms with Crippen molar-refractivity contribution in [3.05, 3.63) is 28.7 Å². The molecule has 3 nitrogen and oxygen atoms in total. The van der Waals surface area contributed by atoms with Gasteiger partial charge in [0.25, 0.3) is 0 Å². The Morgan fingerprint density at radius 3 is 2.58 bits per heavy atom. The third-order valence-corrected chi connectivity index (χ3v) is 4.78. The van der Waals surface area contributed by atoms with Gasteiger partial charge >= 0.3 is 0 Å². The van der Waals surface area contributed by atoms with Crippen LogP contribution in [0.1, 0.15) is 12.8 Å². The van der Waals surface area contributed by atoms with E-state index in [1.807, 2.05) is 24.3 Å². The molecule has 104 valence electrons. The highest BCUT2D eigenvalue weighted by molar-refractivity contribution is 9.10. The zero-order valence-electron chi connectivity index (χ0n) is 11.1. The van der Waals surface area contributed by atoms with Crippen molar-refractivity contribution in [2.75, 3.05) is 32.8 Å². The van der Waals surface area contributed by atoms with E-state index in [1.165, 1.54) is 32.5 Å². The average molecular weight is 325 g/mol. The summed E-state index contributed by atoms with van der Waals surface area (Å²) in [7, 11) is 0. The molecule has 4 heteroatoms. The molecule has 3 fully saturated rings. The van der Waals surface area contributed by atoms with Gasteiger partial charge in [-0.1, -0.05) is 15.9 Å². The van der Waals surface area contributed by atoms with Crippen molar-refractivity contribution >= 4 is 15.9 Å². The lowest BCUT2D eigenvalue weighted by molar-refractivity contribution is 0.0710. The van der Waals surface area contributed by atoms with Crippen molar-refractivity contribution in [1.82, 2.24) is 10.2 Å². The molecule has 0 spiro atoms. The van der Waals surface area contributed by atoms with Crippen molar-refractivity contribution in [1.29, 1.82) is 0 Å². The summed E-state index contributed by atoms with van der Waals surface area (Å²) in [5, 5.41) is 3.66. The zero-order valence-corrected chi connectivity index (χ0v) is 12.7. The van der Waals surface area contributed by atoms with Gasteiger partial charge in [0.1, 0.15) is 12.4 Å². The maximum absolute atomic E-state index is 5.74. The summed E-state index contributed by atoms with van der Waals surface area (Å²) in [6.07, 6.45) is 2.73. The summed E-state index contributed by atoms with van der Waals surface area (Å²) in [5.74, 6) is 1.83. The minimum absolute atomic E-state index is 0.677. The number of nitrogens with zero attached hydrogens (tertiary/aromatic N) is 1. The van der Waals surface area contributed by atoms with E-state index in [1.54, 1.807) is 0 Å². The van der Waals surface area contributed by atoms with Crippen molar-refractivity contribution in [3.8, 4) is 5.75 Å². The van der Waals surface area contributed by atoms with E-state index in [2.05, 4.69) is 26.1 Å². The third-order valence-electron chi connectivity index (χ3n) is 4.25. The quantitative estimate of drug-likeness (QED) is 0.842. The predicted octanol–water partition coefficient (Wildman–Crippen LogP) is 2.51. The largest absolute Gasteiger partial charge is 0.492 e. The fourth-order valence-corrected chi connectivity index (χ4v) is 3.40. The number of ether oxygens (including phenoxy) is 1. The molecule has 1 aromatic carbocycles. The maximum Gasteiger partial charge on any atom is 0.119 e. The summed E-state index contributed by atoms with van der Waals surface area (Å²) in [5.41, 5.74) is 0. The number of rotatable bonds is 5. The number of hydrogen-bond donors (Lipinski definition) is 1. The molecule has 0 saturated carbocycles. The van der Waals surface area contributed by atoms with Crippen LogP contribution in [0.25, 0.3) is 0 Å². The second-order valence-corrected chi connectivity index (χ2v) is 6.42. The summed E-state index contributed by atoms with van der Waals surface area (Å²) in [6, 6.07) is 8.69. The Hall–Kier alpha value is -0.580. The van der Waals surface area contributed by atoms with Crippen LogP contribution in [0, 0.1) is 5.92 Å². The van der Waals surface area contributed by atoms with E-state index >= 15 is 0 Å². The smallest absolute Gasteiger partial charge is 0.119 e. The van der Waals surface area contributed by atoms with Gasteiger partial charge in [-0.05, 0) is 56.1 Å². The minimum atomic E-state index is 0.677. The van der Waals surface area contributed by atoms with Gasteiger partial charge in [-0.25, -0.2) is 0 Å². The van der Waals surface area contributed by atoms with Gasteiger partial charge in [-0.3, -0.25) is 0 Å². The SMILES string of the molecule is Brc1ccc(OCCNC2CN3CCC2CC3)cc1. The molecule has 3 aliphatic heterocycles. The van der Waals surface area contributed by atoms with Gasteiger partial charge in [0, 0.05) is 23.6 Å². The fourth-order valence-electron chi connectivity index (χ4n) is 3.14. The molecule has 3 aliphatic rings. The Morgan fingerprint density at radius 1 is 1.21 bits per heavy atom. The Balaban J connectivity index is 1.38. The zero-order chi connectivity index (χ0) is 13.1. The van der Waals surface area contributed by atoms with Gasteiger partial charge in [0.2, 0.25) is 0 Å². The first kappa shape index (κ1) is 13.4. The Bertz CT molecular complexity index is 401. The highest BCUT2D eigenvalue weighted by Crippen LogP contribution is 2.27. The van der Waals surface area contributed by atoms with Crippen LogP contribution in [0.5, 0.6) is 5.75 Å². The second kappa shape index (κ2) is 6.25. The lowest BCUT2D eigenvalue weighted by Gasteiger charge is -2.45. The third kappa shape index (κ3) is 3.50. The summed E-state index contributed by atoms with van der Waals surface area (Å²) in [4.78, 5) is 2.58. The summed E-state index contributed by atoms with van der Waals surface area (Å²) >= 11 is 3.43. The molecular formula is C15H21BrN2O. The van der Waals surface area contributed by atoms with Crippen molar-refractivity contribution in [2.24, 2.45) is 5.92 Å². The molecule has 1 unspecified atom stereocenters. The number of benzene rings is 1. The first-order valence-electron chi connectivity index (χ1n) is 7.15. The molecule has 2 bridgehead atoms. The van der Waals surface area contributed by atoms with E-state index in [9.17, 15) is 0 Å². The molecule has 1 atom stereocenters. The predicted molar refractivity (Wildman–Crippen MR) is 80.6 cm³/mol. The molecule has 0 aromatic heterocycles.